The Morgan fingerprint density at radius 3 is 2.44 bits per heavy atom. The quantitative estimate of drug-likeness (QED) is 0.303. The molecule has 0 aliphatic carbocycles. The Balaban J connectivity index is 2.19. The Morgan fingerprint density at radius 1 is 1.08 bits per heavy atom. The Kier molecular flexibility index (Phi) is 12.8. The lowest BCUT2D eigenvalue weighted by Crippen LogP contribution is -2.42. The molecule has 5 heteroatoms. The van der Waals surface area contributed by atoms with E-state index in [0.29, 0.717) is 6.04 Å². The van der Waals surface area contributed by atoms with E-state index in [2.05, 4.69) is 48.1 Å². The Bertz CT molecular complexity index is 335. The fraction of sp³-hybridized carbons (Fsp3) is 0.950. The normalized spacial score (nSPS) is 17.2. The molecule has 0 radical (unpaired) electrons. The van der Waals surface area contributed by atoms with Crippen LogP contribution in [0.4, 0.5) is 0 Å². The van der Waals surface area contributed by atoms with Crippen molar-refractivity contribution in [2.75, 3.05) is 52.4 Å². The van der Waals surface area contributed by atoms with E-state index in [-0.39, 0.29) is 0 Å². The van der Waals surface area contributed by atoms with Gasteiger partial charge in [-0.2, -0.15) is 0 Å². The van der Waals surface area contributed by atoms with Crippen molar-refractivity contribution in [3.8, 4) is 0 Å². The predicted molar refractivity (Wildman–Crippen MR) is 111 cm³/mol. The lowest BCUT2D eigenvalue weighted by molar-refractivity contribution is 0.292. The Morgan fingerprint density at radius 2 is 1.80 bits per heavy atom. The van der Waals surface area contributed by atoms with Crippen molar-refractivity contribution in [2.45, 2.75) is 72.3 Å². The van der Waals surface area contributed by atoms with E-state index in [1.54, 1.807) is 0 Å². The van der Waals surface area contributed by atoms with Crippen molar-refractivity contribution in [1.82, 2.24) is 20.4 Å². The van der Waals surface area contributed by atoms with Gasteiger partial charge in [0.25, 0.3) is 0 Å². The summed E-state index contributed by atoms with van der Waals surface area (Å²) in [5, 5.41) is 6.95. The van der Waals surface area contributed by atoms with Crippen LogP contribution in [-0.4, -0.2) is 74.2 Å². The van der Waals surface area contributed by atoms with Crippen molar-refractivity contribution in [3.63, 3.8) is 0 Å². The molecule has 1 heterocycles. The van der Waals surface area contributed by atoms with Crippen molar-refractivity contribution >= 4 is 5.96 Å². The van der Waals surface area contributed by atoms with Crippen LogP contribution in [0.15, 0.2) is 4.99 Å². The second-order valence-corrected chi connectivity index (χ2v) is 7.23. The number of rotatable bonds is 13. The molecule has 1 saturated heterocycles. The maximum Gasteiger partial charge on any atom is 0.191 e. The number of hydrogen-bond acceptors (Lipinski definition) is 3. The molecule has 1 fully saturated rings. The minimum atomic E-state index is 0.470. The van der Waals surface area contributed by atoms with Crippen molar-refractivity contribution in [1.29, 1.82) is 0 Å². The van der Waals surface area contributed by atoms with Gasteiger partial charge in [0.15, 0.2) is 5.96 Å². The minimum Gasteiger partial charge on any atom is -0.357 e. The zero-order valence-corrected chi connectivity index (χ0v) is 17.3. The third kappa shape index (κ3) is 10.7. The molecule has 0 aromatic heterocycles. The summed E-state index contributed by atoms with van der Waals surface area (Å²) in [6, 6.07) is 0.470. The number of likely N-dealkylation sites (tertiary alicyclic amines) is 1. The smallest absolute Gasteiger partial charge is 0.191 e. The Labute approximate surface area is 156 Å². The van der Waals surface area contributed by atoms with Gasteiger partial charge in [-0.05, 0) is 91.6 Å². The summed E-state index contributed by atoms with van der Waals surface area (Å²) in [4.78, 5) is 9.84. The molecule has 148 valence electrons. The van der Waals surface area contributed by atoms with E-state index < -0.39 is 0 Å². The molecule has 0 aromatic carbocycles. The average Bonchev–Trinajstić information content (AvgIpc) is 3.12. The highest BCUT2D eigenvalue weighted by Gasteiger charge is 2.10. The van der Waals surface area contributed by atoms with E-state index in [4.69, 9.17) is 4.99 Å². The highest BCUT2D eigenvalue weighted by atomic mass is 15.2. The van der Waals surface area contributed by atoms with Gasteiger partial charge in [-0.25, -0.2) is 0 Å². The number of hydrogen-bond donors (Lipinski definition) is 2. The number of guanidine groups is 1. The van der Waals surface area contributed by atoms with Gasteiger partial charge in [0.1, 0.15) is 0 Å². The third-order valence-electron chi connectivity index (χ3n) is 5.08. The van der Waals surface area contributed by atoms with Crippen molar-refractivity contribution < 1.29 is 0 Å². The number of nitrogens with zero attached hydrogens (tertiary/aromatic N) is 3. The third-order valence-corrected chi connectivity index (χ3v) is 5.08. The van der Waals surface area contributed by atoms with Crippen LogP contribution in [0.5, 0.6) is 0 Å². The van der Waals surface area contributed by atoms with Crippen LogP contribution in [0.3, 0.4) is 0 Å². The van der Waals surface area contributed by atoms with Gasteiger partial charge in [0.2, 0.25) is 0 Å². The fourth-order valence-corrected chi connectivity index (χ4v) is 3.43. The highest BCUT2D eigenvalue weighted by molar-refractivity contribution is 5.79. The van der Waals surface area contributed by atoms with E-state index in [9.17, 15) is 0 Å². The summed E-state index contributed by atoms with van der Waals surface area (Å²) in [5.41, 5.74) is 0. The SMILES string of the molecule is CCNC(=NCCCCN1CCCC1)NC(C)CCCN(CC)CC. The maximum absolute atomic E-state index is 4.76. The predicted octanol–water partition coefficient (Wildman–Crippen LogP) is 2.93. The lowest BCUT2D eigenvalue weighted by Gasteiger charge is -2.21. The monoisotopic (exact) mass is 353 g/mol. The maximum atomic E-state index is 4.76. The van der Waals surface area contributed by atoms with E-state index in [1.165, 1.54) is 64.7 Å². The van der Waals surface area contributed by atoms with Gasteiger partial charge in [-0.15, -0.1) is 0 Å². The molecule has 0 bridgehead atoms. The van der Waals surface area contributed by atoms with Gasteiger partial charge in [-0.1, -0.05) is 13.8 Å². The van der Waals surface area contributed by atoms with Crippen LogP contribution in [0.1, 0.15) is 66.2 Å². The van der Waals surface area contributed by atoms with Crippen LogP contribution in [0.2, 0.25) is 0 Å². The zero-order chi connectivity index (χ0) is 18.3. The summed E-state index contributed by atoms with van der Waals surface area (Å²) in [5.74, 6) is 0.985. The van der Waals surface area contributed by atoms with E-state index >= 15 is 0 Å². The Hall–Kier alpha value is -0.810. The number of unbranched alkanes of at least 4 members (excludes halogenated alkanes) is 1. The fourth-order valence-electron chi connectivity index (χ4n) is 3.43. The molecule has 2 N–H and O–H groups in total. The molecule has 1 unspecified atom stereocenters. The molecule has 0 saturated carbocycles. The molecule has 25 heavy (non-hydrogen) atoms. The molecule has 0 amide bonds. The summed E-state index contributed by atoms with van der Waals surface area (Å²) in [6.07, 6.45) is 7.66. The summed E-state index contributed by atoms with van der Waals surface area (Å²) in [7, 11) is 0. The van der Waals surface area contributed by atoms with Gasteiger partial charge in [0, 0.05) is 19.1 Å². The first kappa shape index (κ1) is 22.2. The molecule has 1 atom stereocenters. The zero-order valence-electron chi connectivity index (χ0n) is 17.3. The van der Waals surface area contributed by atoms with Crippen LogP contribution in [0, 0.1) is 0 Å². The topological polar surface area (TPSA) is 42.9 Å². The summed E-state index contributed by atoms with van der Waals surface area (Å²) in [6.45, 7) is 18.1. The van der Waals surface area contributed by atoms with Crippen LogP contribution in [0.25, 0.3) is 0 Å². The second-order valence-electron chi connectivity index (χ2n) is 7.23. The van der Waals surface area contributed by atoms with Gasteiger partial charge in [-0.3, -0.25) is 4.99 Å². The number of nitrogens with one attached hydrogen (secondary N) is 2. The molecule has 1 aliphatic rings. The van der Waals surface area contributed by atoms with Crippen molar-refractivity contribution in [3.05, 3.63) is 0 Å². The van der Waals surface area contributed by atoms with E-state index in [1.807, 2.05) is 0 Å². The van der Waals surface area contributed by atoms with Crippen LogP contribution >= 0.6 is 0 Å². The first-order chi connectivity index (χ1) is 12.2. The minimum absolute atomic E-state index is 0.470. The molecular weight excluding hydrogens is 310 g/mol. The second kappa shape index (κ2) is 14.4. The molecule has 1 rings (SSSR count). The first-order valence-electron chi connectivity index (χ1n) is 10.7. The van der Waals surface area contributed by atoms with Crippen LogP contribution < -0.4 is 10.6 Å². The number of aliphatic imine (C=N–C) groups is 1. The largest absolute Gasteiger partial charge is 0.357 e. The van der Waals surface area contributed by atoms with Gasteiger partial charge >= 0.3 is 0 Å². The van der Waals surface area contributed by atoms with Gasteiger partial charge < -0.3 is 20.4 Å². The van der Waals surface area contributed by atoms with E-state index in [0.717, 1.165) is 32.1 Å². The molecule has 1 aliphatic heterocycles. The van der Waals surface area contributed by atoms with Crippen LogP contribution in [-0.2, 0) is 0 Å². The molecule has 5 nitrogen and oxygen atoms in total. The lowest BCUT2D eigenvalue weighted by atomic mass is 10.2. The molecular formula is C20H43N5. The average molecular weight is 354 g/mol. The summed E-state index contributed by atoms with van der Waals surface area (Å²) >= 11 is 0. The van der Waals surface area contributed by atoms with Crippen molar-refractivity contribution in [2.24, 2.45) is 4.99 Å². The highest BCUT2D eigenvalue weighted by Crippen LogP contribution is 2.08. The summed E-state index contributed by atoms with van der Waals surface area (Å²) < 4.78 is 0. The van der Waals surface area contributed by atoms with Gasteiger partial charge in [0.05, 0.1) is 0 Å². The first-order valence-corrected chi connectivity index (χ1v) is 10.7. The molecule has 0 spiro atoms. The standard InChI is InChI=1S/C20H43N5/c1-5-21-20(22-14-8-9-15-25-16-10-11-17-25)23-19(4)13-12-18-24(6-2)7-3/h19H,5-18H2,1-4H3,(H2,21,22,23). The molecule has 0 aromatic rings.